The van der Waals surface area contributed by atoms with Crippen LogP contribution in [0.5, 0.6) is 0 Å². The van der Waals surface area contributed by atoms with Gasteiger partial charge in [-0.15, -0.1) is 0 Å². The zero-order valence-corrected chi connectivity index (χ0v) is 8.88. The Morgan fingerprint density at radius 3 is 2.85 bits per heavy atom. The van der Waals surface area contributed by atoms with Gasteiger partial charge in [0.05, 0.1) is 16.9 Å². The van der Waals surface area contributed by atoms with Crippen molar-refractivity contribution in [2.24, 2.45) is 12.8 Å². The first-order chi connectivity index (χ1) is 6.16. The predicted octanol–water partition coefficient (Wildman–Crippen LogP) is 2.26. The number of hydrogen-bond donors (Lipinski definition) is 1. The fraction of sp³-hybridized carbons (Fsp3) is 0.667. The number of rotatable bonds is 4. The van der Waals surface area contributed by atoms with Gasteiger partial charge < -0.3 is 5.73 Å². The molecule has 0 amide bonds. The molecule has 1 heterocycles. The second-order valence-electron chi connectivity index (χ2n) is 3.25. The van der Waals surface area contributed by atoms with E-state index in [9.17, 15) is 0 Å². The third kappa shape index (κ3) is 2.45. The molecule has 0 aliphatic carbocycles. The molecular weight excluding hydrogens is 186 g/mol. The highest BCUT2D eigenvalue weighted by Gasteiger charge is 2.13. The fourth-order valence-electron chi connectivity index (χ4n) is 1.40. The van der Waals surface area contributed by atoms with E-state index in [1.54, 1.807) is 10.9 Å². The van der Waals surface area contributed by atoms with Gasteiger partial charge >= 0.3 is 0 Å². The van der Waals surface area contributed by atoms with Crippen LogP contribution in [0.3, 0.4) is 0 Å². The molecule has 0 saturated carbocycles. The van der Waals surface area contributed by atoms with Gasteiger partial charge in [-0.3, -0.25) is 4.68 Å². The van der Waals surface area contributed by atoms with Crippen molar-refractivity contribution in [1.29, 1.82) is 0 Å². The van der Waals surface area contributed by atoms with Gasteiger partial charge in [-0.1, -0.05) is 31.4 Å². The Morgan fingerprint density at radius 2 is 2.38 bits per heavy atom. The molecule has 3 nitrogen and oxygen atoms in total. The van der Waals surface area contributed by atoms with E-state index >= 15 is 0 Å². The molecule has 0 aromatic carbocycles. The molecule has 0 saturated heterocycles. The summed E-state index contributed by atoms with van der Waals surface area (Å²) < 4.78 is 1.75. The Balaban J connectivity index is 2.69. The minimum absolute atomic E-state index is 0.0138. The summed E-state index contributed by atoms with van der Waals surface area (Å²) >= 11 is 5.96. The lowest BCUT2D eigenvalue weighted by Gasteiger charge is -2.11. The Bertz CT molecular complexity index is 250. The molecule has 1 unspecified atom stereocenters. The van der Waals surface area contributed by atoms with E-state index < -0.39 is 0 Å². The van der Waals surface area contributed by atoms with Crippen molar-refractivity contribution in [2.75, 3.05) is 0 Å². The molecule has 0 aliphatic heterocycles. The summed E-state index contributed by atoms with van der Waals surface area (Å²) in [7, 11) is 1.87. The van der Waals surface area contributed by atoms with E-state index in [1.807, 2.05) is 7.05 Å². The average Bonchev–Trinajstić information content (AvgIpc) is 2.42. The van der Waals surface area contributed by atoms with Gasteiger partial charge in [-0.05, 0) is 6.42 Å². The van der Waals surface area contributed by atoms with Crippen LogP contribution in [0.2, 0.25) is 5.02 Å². The van der Waals surface area contributed by atoms with Gasteiger partial charge in [-0.25, -0.2) is 0 Å². The number of hydrogen-bond acceptors (Lipinski definition) is 2. The van der Waals surface area contributed by atoms with Gasteiger partial charge in [0.1, 0.15) is 0 Å². The molecule has 1 atom stereocenters. The topological polar surface area (TPSA) is 43.8 Å². The molecule has 2 N–H and O–H groups in total. The second-order valence-corrected chi connectivity index (χ2v) is 3.66. The Hall–Kier alpha value is -0.540. The maximum atomic E-state index is 5.98. The van der Waals surface area contributed by atoms with Crippen molar-refractivity contribution >= 4 is 11.6 Å². The summed E-state index contributed by atoms with van der Waals surface area (Å²) in [4.78, 5) is 0. The highest BCUT2D eigenvalue weighted by molar-refractivity contribution is 6.31. The molecule has 13 heavy (non-hydrogen) atoms. The van der Waals surface area contributed by atoms with Crippen molar-refractivity contribution in [3.05, 3.63) is 16.9 Å². The molecule has 0 radical (unpaired) electrons. The largest absolute Gasteiger partial charge is 0.323 e. The van der Waals surface area contributed by atoms with Crippen LogP contribution in [-0.4, -0.2) is 9.78 Å². The molecule has 74 valence electrons. The van der Waals surface area contributed by atoms with Crippen molar-refractivity contribution < 1.29 is 0 Å². The number of unbranched alkanes of at least 4 members (excludes halogenated alkanes) is 1. The van der Waals surface area contributed by atoms with Crippen LogP contribution in [0.4, 0.5) is 0 Å². The van der Waals surface area contributed by atoms with Crippen LogP contribution in [0, 0.1) is 0 Å². The summed E-state index contributed by atoms with van der Waals surface area (Å²) in [5.74, 6) is 0. The molecule has 0 bridgehead atoms. The lowest BCUT2D eigenvalue weighted by atomic mass is 10.1. The molecule has 1 aromatic heterocycles. The van der Waals surface area contributed by atoms with Crippen LogP contribution in [0.15, 0.2) is 6.20 Å². The normalized spacial score (nSPS) is 13.2. The van der Waals surface area contributed by atoms with E-state index in [-0.39, 0.29) is 6.04 Å². The van der Waals surface area contributed by atoms with E-state index in [4.69, 9.17) is 17.3 Å². The van der Waals surface area contributed by atoms with Crippen LogP contribution >= 0.6 is 11.6 Å². The number of nitrogens with zero attached hydrogens (tertiary/aromatic N) is 2. The van der Waals surface area contributed by atoms with Crippen molar-refractivity contribution in [1.82, 2.24) is 9.78 Å². The molecule has 4 heteroatoms. The Morgan fingerprint density at radius 1 is 1.69 bits per heavy atom. The standard InChI is InChI=1S/C9H16ClN3/c1-3-4-5-8(11)9-7(10)6-12-13(9)2/h6,8H,3-5,11H2,1-2H3. The zero-order valence-electron chi connectivity index (χ0n) is 8.13. The third-order valence-electron chi connectivity index (χ3n) is 2.16. The summed E-state index contributed by atoms with van der Waals surface area (Å²) in [5.41, 5.74) is 6.92. The first-order valence-electron chi connectivity index (χ1n) is 4.59. The molecule has 0 spiro atoms. The fourth-order valence-corrected chi connectivity index (χ4v) is 1.70. The zero-order chi connectivity index (χ0) is 9.84. The maximum absolute atomic E-state index is 5.98. The highest BCUT2D eigenvalue weighted by atomic mass is 35.5. The second kappa shape index (κ2) is 4.63. The van der Waals surface area contributed by atoms with Crippen LogP contribution in [0.1, 0.15) is 37.9 Å². The predicted molar refractivity (Wildman–Crippen MR) is 54.7 cm³/mol. The first kappa shape index (κ1) is 10.5. The molecular formula is C9H16ClN3. The lowest BCUT2D eigenvalue weighted by molar-refractivity contribution is 0.555. The van der Waals surface area contributed by atoms with Gasteiger partial charge in [0.2, 0.25) is 0 Å². The van der Waals surface area contributed by atoms with E-state index in [0.29, 0.717) is 5.02 Å². The van der Waals surface area contributed by atoms with E-state index in [0.717, 1.165) is 25.0 Å². The minimum Gasteiger partial charge on any atom is -0.323 e. The lowest BCUT2D eigenvalue weighted by Crippen LogP contribution is -2.14. The van der Waals surface area contributed by atoms with Crippen molar-refractivity contribution in [3.8, 4) is 0 Å². The molecule has 1 aromatic rings. The van der Waals surface area contributed by atoms with E-state index in [2.05, 4.69) is 12.0 Å². The summed E-state index contributed by atoms with van der Waals surface area (Å²) in [6, 6.07) is 0.0138. The quantitative estimate of drug-likeness (QED) is 0.812. The van der Waals surface area contributed by atoms with Crippen molar-refractivity contribution in [2.45, 2.75) is 32.2 Å². The number of aromatic nitrogens is 2. The summed E-state index contributed by atoms with van der Waals surface area (Å²) in [6.07, 6.45) is 4.89. The third-order valence-corrected chi connectivity index (χ3v) is 2.45. The van der Waals surface area contributed by atoms with Gasteiger partial charge in [0.25, 0.3) is 0 Å². The minimum atomic E-state index is 0.0138. The van der Waals surface area contributed by atoms with Crippen LogP contribution in [-0.2, 0) is 7.05 Å². The maximum Gasteiger partial charge on any atom is 0.0833 e. The SMILES string of the molecule is CCCCC(N)c1c(Cl)cnn1C. The number of aryl methyl sites for hydroxylation is 1. The smallest absolute Gasteiger partial charge is 0.0833 e. The van der Waals surface area contributed by atoms with Crippen LogP contribution in [0.25, 0.3) is 0 Å². The summed E-state index contributed by atoms with van der Waals surface area (Å²) in [6.45, 7) is 2.15. The molecule has 0 aliphatic rings. The van der Waals surface area contributed by atoms with E-state index in [1.165, 1.54) is 0 Å². The molecule has 1 rings (SSSR count). The number of nitrogens with two attached hydrogens (primary N) is 1. The average molecular weight is 202 g/mol. The van der Waals surface area contributed by atoms with Crippen molar-refractivity contribution in [3.63, 3.8) is 0 Å². The Labute approximate surface area is 83.9 Å². The van der Waals surface area contributed by atoms with Gasteiger partial charge in [0.15, 0.2) is 0 Å². The highest BCUT2D eigenvalue weighted by Crippen LogP contribution is 2.23. The first-order valence-corrected chi connectivity index (χ1v) is 4.97. The monoisotopic (exact) mass is 201 g/mol. The molecule has 0 fully saturated rings. The van der Waals surface area contributed by atoms with Gasteiger partial charge in [-0.2, -0.15) is 5.10 Å². The summed E-state index contributed by atoms with van der Waals surface area (Å²) in [5, 5.41) is 4.72. The Kier molecular flexibility index (Phi) is 3.75. The van der Waals surface area contributed by atoms with Crippen LogP contribution < -0.4 is 5.73 Å². The number of halogens is 1. The van der Waals surface area contributed by atoms with Gasteiger partial charge in [0, 0.05) is 13.1 Å².